The zero-order chi connectivity index (χ0) is 23.2. The van der Waals surface area contributed by atoms with Gasteiger partial charge in [-0.05, 0) is 50.1 Å². The predicted octanol–water partition coefficient (Wildman–Crippen LogP) is 4.03. The van der Waals surface area contributed by atoms with Gasteiger partial charge >= 0.3 is 0 Å². The lowest BCUT2D eigenvalue weighted by atomic mass is 10.1. The van der Waals surface area contributed by atoms with Crippen LogP contribution < -0.4 is 20.7 Å². The fourth-order valence-electron chi connectivity index (χ4n) is 3.09. The van der Waals surface area contributed by atoms with Gasteiger partial charge in [-0.2, -0.15) is 0 Å². The van der Waals surface area contributed by atoms with Gasteiger partial charge in [-0.25, -0.2) is 4.99 Å². The number of aliphatic imine (C=N–C) groups is 1. The van der Waals surface area contributed by atoms with Crippen molar-refractivity contribution in [3.63, 3.8) is 0 Å². The number of methoxy groups -OCH3 is 1. The van der Waals surface area contributed by atoms with Crippen molar-refractivity contribution >= 4 is 35.8 Å². The van der Waals surface area contributed by atoms with E-state index in [2.05, 4.69) is 46.1 Å². The molecule has 7 nitrogen and oxygen atoms in total. The Morgan fingerprint density at radius 3 is 2.52 bits per heavy atom. The number of halogens is 1. The molecular weight excluding hydrogens is 531 g/mol. The fraction of sp³-hybridized carbons (Fsp3) is 0.440. The average Bonchev–Trinajstić information content (AvgIpc) is 2.80. The Bertz CT molecular complexity index is 890. The molecule has 0 aliphatic carbocycles. The average molecular weight is 569 g/mol. The highest BCUT2D eigenvalue weighted by Crippen LogP contribution is 2.20. The molecule has 0 spiro atoms. The topological polar surface area (TPSA) is 84.0 Å². The van der Waals surface area contributed by atoms with Crippen LogP contribution >= 0.6 is 24.0 Å². The standard InChI is InChI=1S/C25H36N4O3.HI/c1-5-26-24(30)21-10-7-9-20(16-21)17-28-25(27-6-2)29-18-22-12-11-19(3)15-23(22)32-14-8-13-31-4;/h7,9-12,15-16H,5-6,8,13-14,17-18H2,1-4H3,(H,26,30)(H2,27,28,29);1H. The van der Waals surface area contributed by atoms with Crippen molar-refractivity contribution in [3.8, 4) is 5.75 Å². The molecule has 182 valence electrons. The molecule has 3 N–H and O–H groups in total. The Morgan fingerprint density at radius 2 is 1.79 bits per heavy atom. The summed E-state index contributed by atoms with van der Waals surface area (Å²) in [4.78, 5) is 16.8. The number of guanidine groups is 1. The minimum atomic E-state index is -0.0687. The van der Waals surface area contributed by atoms with Crippen LogP contribution in [0.4, 0.5) is 0 Å². The van der Waals surface area contributed by atoms with Gasteiger partial charge < -0.3 is 25.4 Å². The van der Waals surface area contributed by atoms with E-state index in [1.165, 1.54) is 0 Å². The first kappa shape index (κ1) is 28.7. The van der Waals surface area contributed by atoms with Crippen LogP contribution in [0.2, 0.25) is 0 Å². The Hall–Kier alpha value is -2.33. The first-order chi connectivity index (χ1) is 15.6. The third kappa shape index (κ3) is 10.4. The molecule has 0 fully saturated rings. The molecule has 0 aromatic heterocycles. The molecule has 0 aliphatic heterocycles. The van der Waals surface area contributed by atoms with Crippen molar-refractivity contribution in [2.24, 2.45) is 4.99 Å². The third-order valence-corrected chi connectivity index (χ3v) is 4.71. The molecule has 1 amide bonds. The SMILES string of the molecule is CCNC(=O)c1cccc(CN=C(NCC)NCc2ccc(C)cc2OCCCOC)c1.I. The van der Waals surface area contributed by atoms with Gasteiger partial charge in [0.1, 0.15) is 5.75 Å². The second kappa shape index (κ2) is 16.3. The van der Waals surface area contributed by atoms with Crippen LogP contribution in [0, 0.1) is 6.92 Å². The van der Waals surface area contributed by atoms with Crippen LogP contribution in [0.15, 0.2) is 47.5 Å². The maximum Gasteiger partial charge on any atom is 0.251 e. The number of hydrogen-bond donors (Lipinski definition) is 3. The van der Waals surface area contributed by atoms with Crippen LogP contribution in [0.5, 0.6) is 5.75 Å². The van der Waals surface area contributed by atoms with Crippen molar-refractivity contribution in [1.82, 2.24) is 16.0 Å². The zero-order valence-electron chi connectivity index (χ0n) is 20.1. The van der Waals surface area contributed by atoms with Gasteiger partial charge in [-0.3, -0.25) is 4.79 Å². The van der Waals surface area contributed by atoms with E-state index in [0.717, 1.165) is 35.4 Å². The summed E-state index contributed by atoms with van der Waals surface area (Å²) in [5.41, 5.74) is 3.84. The first-order valence-corrected chi connectivity index (χ1v) is 11.2. The second-order valence-electron chi connectivity index (χ2n) is 7.41. The smallest absolute Gasteiger partial charge is 0.251 e. The number of carbonyl (C=O) groups is 1. The number of aryl methyl sites for hydroxylation is 1. The minimum absolute atomic E-state index is 0. The number of amides is 1. The largest absolute Gasteiger partial charge is 0.493 e. The van der Waals surface area contributed by atoms with Gasteiger partial charge in [0.2, 0.25) is 0 Å². The highest BCUT2D eigenvalue weighted by atomic mass is 127. The molecule has 0 unspecified atom stereocenters. The molecule has 0 bridgehead atoms. The molecule has 0 heterocycles. The lowest BCUT2D eigenvalue weighted by Crippen LogP contribution is -2.36. The van der Waals surface area contributed by atoms with E-state index in [0.29, 0.717) is 44.4 Å². The number of hydrogen-bond acceptors (Lipinski definition) is 4. The van der Waals surface area contributed by atoms with Crippen LogP contribution in [0.3, 0.4) is 0 Å². The van der Waals surface area contributed by atoms with Gasteiger partial charge in [0, 0.05) is 50.9 Å². The number of carbonyl (C=O) groups excluding carboxylic acids is 1. The number of nitrogens with zero attached hydrogens (tertiary/aromatic N) is 1. The molecule has 0 saturated carbocycles. The van der Waals surface area contributed by atoms with Crippen molar-refractivity contribution in [3.05, 3.63) is 64.7 Å². The molecular formula is C25H37IN4O3. The molecule has 2 rings (SSSR count). The fourth-order valence-corrected chi connectivity index (χ4v) is 3.09. The maximum absolute atomic E-state index is 12.1. The highest BCUT2D eigenvalue weighted by molar-refractivity contribution is 14.0. The Balaban J connectivity index is 0.00000544. The van der Waals surface area contributed by atoms with Crippen LogP contribution in [0.1, 0.15) is 47.3 Å². The summed E-state index contributed by atoms with van der Waals surface area (Å²) in [6.07, 6.45) is 0.844. The maximum atomic E-state index is 12.1. The Morgan fingerprint density at radius 1 is 1.00 bits per heavy atom. The van der Waals surface area contributed by atoms with E-state index in [1.807, 2.05) is 38.1 Å². The Kier molecular flexibility index (Phi) is 14.2. The lowest BCUT2D eigenvalue weighted by molar-refractivity contribution is 0.0955. The van der Waals surface area contributed by atoms with Gasteiger partial charge in [-0.15, -0.1) is 24.0 Å². The van der Waals surface area contributed by atoms with Gasteiger partial charge in [-0.1, -0.05) is 24.3 Å². The lowest BCUT2D eigenvalue weighted by Gasteiger charge is -2.15. The summed E-state index contributed by atoms with van der Waals surface area (Å²) in [5.74, 6) is 1.52. The van der Waals surface area contributed by atoms with Crippen molar-refractivity contribution < 1.29 is 14.3 Å². The summed E-state index contributed by atoms with van der Waals surface area (Å²) < 4.78 is 11.1. The van der Waals surface area contributed by atoms with E-state index in [4.69, 9.17) is 9.47 Å². The molecule has 8 heteroatoms. The van der Waals surface area contributed by atoms with Crippen LogP contribution in [-0.4, -0.2) is 45.3 Å². The van der Waals surface area contributed by atoms with Crippen LogP contribution in [-0.2, 0) is 17.8 Å². The van der Waals surface area contributed by atoms with Crippen molar-refractivity contribution in [2.75, 3.05) is 33.4 Å². The van der Waals surface area contributed by atoms with E-state index in [-0.39, 0.29) is 29.9 Å². The summed E-state index contributed by atoms with van der Waals surface area (Å²) in [6, 6.07) is 13.8. The molecule has 0 saturated heterocycles. The van der Waals surface area contributed by atoms with Gasteiger partial charge in [0.15, 0.2) is 5.96 Å². The van der Waals surface area contributed by atoms with E-state index >= 15 is 0 Å². The number of nitrogens with one attached hydrogen (secondary N) is 3. The zero-order valence-corrected chi connectivity index (χ0v) is 22.4. The first-order valence-electron chi connectivity index (χ1n) is 11.2. The van der Waals surface area contributed by atoms with E-state index < -0.39 is 0 Å². The summed E-state index contributed by atoms with van der Waals surface area (Å²) in [7, 11) is 1.69. The predicted molar refractivity (Wildman–Crippen MR) is 145 cm³/mol. The van der Waals surface area contributed by atoms with Gasteiger partial charge in [0.05, 0.1) is 13.2 Å². The van der Waals surface area contributed by atoms with Crippen LogP contribution in [0.25, 0.3) is 0 Å². The van der Waals surface area contributed by atoms with Crippen molar-refractivity contribution in [1.29, 1.82) is 0 Å². The van der Waals surface area contributed by atoms with Gasteiger partial charge in [0.25, 0.3) is 5.91 Å². The number of ether oxygens (including phenoxy) is 2. The molecule has 0 aliphatic rings. The van der Waals surface area contributed by atoms with E-state index in [9.17, 15) is 4.79 Å². The summed E-state index contributed by atoms with van der Waals surface area (Å²) in [5, 5.41) is 9.48. The monoisotopic (exact) mass is 568 g/mol. The molecule has 0 atom stereocenters. The quantitative estimate of drug-likeness (QED) is 0.156. The highest BCUT2D eigenvalue weighted by Gasteiger charge is 2.07. The molecule has 0 radical (unpaired) electrons. The number of benzene rings is 2. The summed E-state index contributed by atoms with van der Waals surface area (Å²) in [6.45, 7) is 9.69. The van der Waals surface area contributed by atoms with E-state index in [1.54, 1.807) is 7.11 Å². The van der Waals surface area contributed by atoms with Crippen molar-refractivity contribution in [2.45, 2.75) is 40.3 Å². The Labute approximate surface area is 214 Å². The minimum Gasteiger partial charge on any atom is -0.493 e. The second-order valence-corrected chi connectivity index (χ2v) is 7.41. The number of rotatable bonds is 12. The molecule has 33 heavy (non-hydrogen) atoms. The summed E-state index contributed by atoms with van der Waals surface area (Å²) >= 11 is 0. The third-order valence-electron chi connectivity index (χ3n) is 4.71. The normalized spacial score (nSPS) is 10.8. The molecule has 2 aromatic rings. The molecule has 2 aromatic carbocycles.